The Hall–Kier alpha value is -1.32. The maximum absolute atomic E-state index is 6.11. The molecular weight excluding hydrogens is 236 g/mol. The molecule has 88 valence electrons. The molecule has 1 saturated heterocycles. The second-order valence-electron chi connectivity index (χ2n) is 4.23. The van der Waals surface area contributed by atoms with Gasteiger partial charge in [-0.1, -0.05) is 17.7 Å². The van der Waals surface area contributed by atoms with Gasteiger partial charge in [0.05, 0.1) is 23.9 Å². The van der Waals surface area contributed by atoms with Crippen LogP contribution in [0.25, 0.3) is 10.9 Å². The summed E-state index contributed by atoms with van der Waals surface area (Å²) in [5.41, 5.74) is 1.95. The van der Waals surface area contributed by atoms with Gasteiger partial charge in [-0.05, 0) is 24.6 Å². The molecule has 2 aromatic rings. The molecule has 1 N–H and O–H groups in total. The second kappa shape index (κ2) is 4.51. The quantitative estimate of drug-likeness (QED) is 0.887. The van der Waals surface area contributed by atoms with E-state index in [2.05, 4.69) is 10.3 Å². The third-order valence-corrected chi connectivity index (χ3v) is 3.18. The van der Waals surface area contributed by atoms with Crippen molar-refractivity contribution >= 4 is 28.2 Å². The van der Waals surface area contributed by atoms with Crippen molar-refractivity contribution < 1.29 is 4.74 Å². The van der Waals surface area contributed by atoms with Crippen LogP contribution in [-0.2, 0) is 4.74 Å². The van der Waals surface area contributed by atoms with Crippen LogP contribution < -0.4 is 5.32 Å². The Morgan fingerprint density at radius 1 is 1.41 bits per heavy atom. The third-order valence-electron chi connectivity index (χ3n) is 2.96. The van der Waals surface area contributed by atoms with Gasteiger partial charge in [-0.2, -0.15) is 0 Å². The van der Waals surface area contributed by atoms with Crippen LogP contribution in [0.5, 0.6) is 0 Å². The Labute approximate surface area is 105 Å². The predicted octanol–water partition coefficient (Wildman–Crippen LogP) is 3.09. The third kappa shape index (κ3) is 2.21. The van der Waals surface area contributed by atoms with Gasteiger partial charge >= 0.3 is 0 Å². The highest BCUT2D eigenvalue weighted by Crippen LogP contribution is 2.27. The zero-order valence-corrected chi connectivity index (χ0v) is 10.1. The monoisotopic (exact) mass is 248 g/mol. The molecular formula is C13H13ClN2O. The standard InChI is InChI=1S/C13H13ClN2O/c14-10-6-9-2-1-4-15-13(9)12(7-10)16-11-3-5-17-8-11/h1-2,4,6-7,11,16H,3,5,8H2. The van der Waals surface area contributed by atoms with Crippen molar-refractivity contribution in [3.8, 4) is 0 Å². The molecule has 0 bridgehead atoms. The molecule has 17 heavy (non-hydrogen) atoms. The Kier molecular flexibility index (Phi) is 2.87. The summed E-state index contributed by atoms with van der Waals surface area (Å²) in [7, 11) is 0. The lowest BCUT2D eigenvalue weighted by Crippen LogP contribution is -2.19. The predicted molar refractivity (Wildman–Crippen MR) is 69.6 cm³/mol. The van der Waals surface area contributed by atoms with Gasteiger partial charge in [0, 0.05) is 23.2 Å². The van der Waals surface area contributed by atoms with Gasteiger partial charge in [-0.15, -0.1) is 0 Å². The highest BCUT2D eigenvalue weighted by Gasteiger charge is 2.16. The smallest absolute Gasteiger partial charge is 0.0934 e. The van der Waals surface area contributed by atoms with Crippen LogP contribution in [0.4, 0.5) is 5.69 Å². The van der Waals surface area contributed by atoms with Crippen LogP contribution in [0.3, 0.4) is 0 Å². The molecule has 3 rings (SSSR count). The number of nitrogens with zero attached hydrogens (tertiary/aromatic N) is 1. The van der Waals surface area contributed by atoms with Gasteiger partial charge in [0.2, 0.25) is 0 Å². The van der Waals surface area contributed by atoms with E-state index < -0.39 is 0 Å². The average molecular weight is 249 g/mol. The molecule has 0 radical (unpaired) electrons. The van der Waals surface area contributed by atoms with E-state index >= 15 is 0 Å². The van der Waals surface area contributed by atoms with Gasteiger partial charge in [0.1, 0.15) is 0 Å². The van der Waals surface area contributed by atoms with E-state index in [1.165, 1.54) is 0 Å². The minimum absolute atomic E-state index is 0.360. The van der Waals surface area contributed by atoms with Gasteiger partial charge in [0.15, 0.2) is 0 Å². The Morgan fingerprint density at radius 3 is 3.18 bits per heavy atom. The molecule has 0 amide bonds. The van der Waals surface area contributed by atoms with Gasteiger partial charge < -0.3 is 10.1 Å². The number of halogens is 1. The molecule has 0 saturated carbocycles. The SMILES string of the molecule is Clc1cc(NC2CCOC2)c2ncccc2c1. The first kappa shape index (κ1) is 10.8. The molecule has 2 heterocycles. The van der Waals surface area contributed by atoms with E-state index in [0.29, 0.717) is 6.04 Å². The summed E-state index contributed by atoms with van der Waals surface area (Å²) in [5.74, 6) is 0. The van der Waals surface area contributed by atoms with E-state index in [9.17, 15) is 0 Å². The summed E-state index contributed by atoms with van der Waals surface area (Å²) in [6.07, 6.45) is 2.83. The molecule has 1 aromatic heterocycles. The number of anilines is 1. The molecule has 4 heteroatoms. The number of fused-ring (bicyclic) bond motifs is 1. The number of hydrogen-bond acceptors (Lipinski definition) is 3. The largest absolute Gasteiger partial charge is 0.379 e. The fourth-order valence-corrected chi connectivity index (χ4v) is 2.36. The summed E-state index contributed by atoms with van der Waals surface area (Å²) >= 11 is 6.11. The molecule has 1 aliphatic heterocycles. The second-order valence-corrected chi connectivity index (χ2v) is 4.67. The minimum Gasteiger partial charge on any atom is -0.379 e. The van der Waals surface area contributed by atoms with Crippen LogP contribution in [-0.4, -0.2) is 24.2 Å². The van der Waals surface area contributed by atoms with Crippen molar-refractivity contribution in [1.29, 1.82) is 0 Å². The van der Waals surface area contributed by atoms with E-state index in [-0.39, 0.29) is 0 Å². The number of nitrogens with one attached hydrogen (secondary N) is 1. The summed E-state index contributed by atoms with van der Waals surface area (Å²) in [6, 6.07) is 8.15. The van der Waals surface area contributed by atoms with Gasteiger partial charge in [-0.25, -0.2) is 0 Å². The van der Waals surface area contributed by atoms with Crippen LogP contribution >= 0.6 is 11.6 Å². The zero-order valence-electron chi connectivity index (χ0n) is 9.32. The highest BCUT2D eigenvalue weighted by atomic mass is 35.5. The van der Waals surface area contributed by atoms with Crippen LogP contribution in [0.1, 0.15) is 6.42 Å². The van der Waals surface area contributed by atoms with Crippen LogP contribution in [0, 0.1) is 0 Å². The number of ether oxygens (including phenoxy) is 1. The molecule has 0 spiro atoms. The molecule has 1 fully saturated rings. The lowest BCUT2D eigenvalue weighted by molar-refractivity contribution is 0.195. The first-order valence-electron chi connectivity index (χ1n) is 5.71. The number of hydrogen-bond donors (Lipinski definition) is 1. The minimum atomic E-state index is 0.360. The first-order chi connectivity index (χ1) is 8.33. The van der Waals surface area contributed by atoms with E-state index in [0.717, 1.165) is 41.2 Å². The normalized spacial score (nSPS) is 19.7. The summed E-state index contributed by atoms with van der Waals surface area (Å²) in [6.45, 7) is 1.57. The lowest BCUT2D eigenvalue weighted by Gasteiger charge is -2.14. The number of pyridine rings is 1. The van der Waals surface area contributed by atoms with Crippen molar-refractivity contribution in [3.05, 3.63) is 35.5 Å². The van der Waals surface area contributed by atoms with Crippen molar-refractivity contribution in [3.63, 3.8) is 0 Å². The fourth-order valence-electron chi connectivity index (χ4n) is 2.13. The Bertz CT molecular complexity index is 538. The number of benzene rings is 1. The fraction of sp³-hybridized carbons (Fsp3) is 0.308. The number of aromatic nitrogens is 1. The molecule has 0 aliphatic carbocycles. The molecule has 1 aromatic carbocycles. The molecule has 3 nitrogen and oxygen atoms in total. The highest BCUT2D eigenvalue weighted by molar-refractivity contribution is 6.31. The average Bonchev–Trinajstić information content (AvgIpc) is 2.81. The summed E-state index contributed by atoms with van der Waals surface area (Å²) in [4.78, 5) is 4.40. The topological polar surface area (TPSA) is 34.1 Å². The van der Waals surface area contributed by atoms with Crippen molar-refractivity contribution in [2.45, 2.75) is 12.5 Å². The lowest BCUT2D eigenvalue weighted by atomic mass is 10.1. The van der Waals surface area contributed by atoms with Gasteiger partial charge in [0.25, 0.3) is 0 Å². The Morgan fingerprint density at radius 2 is 2.35 bits per heavy atom. The van der Waals surface area contributed by atoms with Crippen molar-refractivity contribution in [2.24, 2.45) is 0 Å². The van der Waals surface area contributed by atoms with Crippen molar-refractivity contribution in [2.75, 3.05) is 18.5 Å². The zero-order chi connectivity index (χ0) is 11.7. The molecule has 1 atom stereocenters. The van der Waals surface area contributed by atoms with Crippen LogP contribution in [0.15, 0.2) is 30.5 Å². The maximum Gasteiger partial charge on any atom is 0.0934 e. The first-order valence-corrected chi connectivity index (χ1v) is 6.09. The molecule has 1 aliphatic rings. The molecule has 1 unspecified atom stereocenters. The van der Waals surface area contributed by atoms with E-state index in [1.807, 2.05) is 24.3 Å². The number of rotatable bonds is 2. The van der Waals surface area contributed by atoms with Crippen molar-refractivity contribution in [1.82, 2.24) is 4.98 Å². The van der Waals surface area contributed by atoms with E-state index in [4.69, 9.17) is 16.3 Å². The van der Waals surface area contributed by atoms with Crippen LogP contribution in [0.2, 0.25) is 5.02 Å². The Balaban J connectivity index is 2.01. The summed E-state index contributed by atoms with van der Waals surface area (Å²) in [5, 5.41) is 5.24. The maximum atomic E-state index is 6.11. The summed E-state index contributed by atoms with van der Waals surface area (Å²) < 4.78 is 5.36. The van der Waals surface area contributed by atoms with Gasteiger partial charge in [-0.3, -0.25) is 4.98 Å². The van der Waals surface area contributed by atoms with E-state index in [1.54, 1.807) is 6.20 Å².